The minimum Gasteiger partial charge on any atom is -0.443 e. The number of carbonyl (C=O) groups excluding carboxylic acids is 1. The van der Waals surface area contributed by atoms with Crippen LogP contribution in [0.1, 0.15) is 57.6 Å². The van der Waals surface area contributed by atoms with Crippen molar-refractivity contribution in [3.63, 3.8) is 0 Å². The average molecular weight is 575 g/mol. The third-order valence-electron chi connectivity index (χ3n) is 8.60. The number of hydrogen-bond acceptors (Lipinski definition) is 5. The second-order valence-electron chi connectivity index (χ2n) is 11.6. The van der Waals surface area contributed by atoms with Crippen LogP contribution >= 0.6 is 23.2 Å². The Morgan fingerprint density at radius 1 is 1.21 bits per heavy atom. The number of hydrogen-bond donors (Lipinski definition) is 0. The van der Waals surface area contributed by atoms with Crippen LogP contribution < -0.4 is 0 Å². The molecule has 0 aliphatic carbocycles. The van der Waals surface area contributed by atoms with Crippen LogP contribution in [0.5, 0.6) is 0 Å². The molecule has 4 atom stereocenters. The number of fused-ring (bicyclic) bond motifs is 1. The van der Waals surface area contributed by atoms with Gasteiger partial charge >= 0.3 is 5.97 Å². The van der Waals surface area contributed by atoms with Crippen LogP contribution in [-0.2, 0) is 19.7 Å². The van der Waals surface area contributed by atoms with Gasteiger partial charge in [-0.15, -0.1) is 0 Å². The van der Waals surface area contributed by atoms with Crippen molar-refractivity contribution < 1.29 is 23.0 Å². The highest BCUT2D eigenvalue weighted by molar-refractivity contribution is 6.31. The van der Waals surface area contributed by atoms with Crippen LogP contribution in [0, 0.1) is 28.4 Å². The van der Waals surface area contributed by atoms with E-state index in [1.807, 2.05) is 11.0 Å². The predicted octanol–water partition coefficient (Wildman–Crippen LogP) is 6.93. The molecule has 0 amide bonds. The Hall–Kier alpha value is -2.50. The van der Waals surface area contributed by atoms with E-state index in [4.69, 9.17) is 32.7 Å². The number of benzene rings is 2. The van der Waals surface area contributed by atoms with Crippen LogP contribution in [0.15, 0.2) is 48.0 Å². The van der Waals surface area contributed by atoms with Crippen LogP contribution in [0.3, 0.4) is 0 Å². The Morgan fingerprint density at radius 2 is 1.95 bits per heavy atom. The maximum atomic E-state index is 15.9. The van der Waals surface area contributed by atoms with E-state index < -0.39 is 52.2 Å². The third-order valence-corrected chi connectivity index (χ3v) is 9.12. The summed E-state index contributed by atoms with van der Waals surface area (Å²) in [6.07, 6.45) is 3.12. The van der Waals surface area contributed by atoms with E-state index in [-0.39, 0.29) is 21.2 Å². The Bertz CT molecular complexity index is 1400. The maximum Gasteiger partial charge on any atom is 0.325 e. The lowest BCUT2D eigenvalue weighted by atomic mass is 9.61. The van der Waals surface area contributed by atoms with Crippen molar-refractivity contribution >= 4 is 29.2 Å². The second kappa shape index (κ2) is 9.85. The summed E-state index contributed by atoms with van der Waals surface area (Å²) in [7, 11) is 0. The van der Waals surface area contributed by atoms with E-state index in [1.165, 1.54) is 24.3 Å². The predicted molar refractivity (Wildman–Crippen MR) is 144 cm³/mol. The molecule has 9 heteroatoms. The summed E-state index contributed by atoms with van der Waals surface area (Å²) in [4.78, 5) is 15.4. The summed E-state index contributed by atoms with van der Waals surface area (Å²) in [5, 5.41) is 11.1. The Kier molecular flexibility index (Phi) is 7.08. The molecule has 0 radical (unpaired) electrons. The van der Waals surface area contributed by atoms with Gasteiger partial charge < -0.3 is 9.47 Å². The molecule has 2 aromatic carbocycles. The molecule has 39 heavy (non-hydrogen) atoms. The molecule has 0 N–H and O–H groups in total. The Balaban J connectivity index is 1.82. The number of nitriles is 1. The van der Waals surface area contributed by atoms with Crippen molar-refractivity contribution in [3.8, 4) is 6.07 Å². The fraction of sp³-hybridized carbons (Fsp3) is 0.467. The molecule has 3 heterocycles. The van der Waals surface area contributed by atoms with Gasteiger partial charge in [-0.25, -0.2) is 13.7 Å². The van der Waals surface area contributed by atoms with Gasteiger partial charge in [-0.3, -0.25) is 4.79 Å². The highest BCUT2D eigenvalue weighted by Gasteiger charge is 2.71. The van der Waals surface area contributed by atoms with Crippen LogP contribution in [0.2, 0.25) is 10.0 Å². The first-order valence-electron chi connectivity index (χ1n) is 12.9. The lowest BCUT2D eigenvalue weighted by Gasteiger charge is -2.44. The molecule has 5 nitrogen and oxygen atoms in total. The summed E-state index contributed by atoms with van der Waals surface area (Å²) >= 11 is 12.3. The Morgan fingerprint density at radius 3 is 2.59 bits per heavy atom. The van der Waals surface area contributed by atoms with E-state index in [0.29, 0.717) is 26.1 Å². The zero-order valence-corrected chi connectivity index (χ0v) is 23.7. The first-order valence-corrected chi connectivity index (χ1v) is 13.7. The SMILES string of the molecule is CC(C)(C[C@@H]1N2[C@@H](C(=O)OC2(C)C)[C@H](c2cccc(Cl)c2F)[C@@]1(C#N)c1ccc(Cl)cc1F)C1=CCOCC1. The van der Waals surface area contributed by atoms with E-state index >= 15 is 8.78 Å². The van der Waals surface area contributed by atoms with Gasteiger partial charge in [0.2, 0.25) is 0 Å². The first-order chi connectivity index (χ1) is 18.3. The number of cyclic esters (lactones) is 1. The molecule has 0 saturated carbocycles. The van der Waals surface area contributed by atoms with Gasteiger partial charge in [0.1, 0.15) is 23.1 Å². The second-order valence-corrected chi connectivity index (χ2v) is 12.4. The van der Waals surface area contributed by atoms with Gasteiger partial charge in [-0.1, -0.05) is 66.9 Å². The number of esters is 1. The molecule has 0 spiro atoms. The molecular formula is C30H30Cl2F2N2O3. The molecule has 0 aromatic heterocycles. The van der Waals surface area contributed by atoms with Crippen molar-refractivity contribution in [1.82, 2.24) is 4.90 Å². The van der Waals surface area contributed by atoms with Gasteiger partial charge in [0, 0.05) is 22.5 Å². The maximum absolute atomic E-state index is 15.9. The Labute approximate surface area is 237 Å². The van der Waals surface area contributed by atoms with Gasteiger partial charge in [-0.2, -0.15) is 5.26 Å². The number of carbonyl (C=O) groups is 1. The van der Waals surface area contributed by atoms with Gasteiger partial charge in [0.05, 0.1) is 24.3 Å². The van der Waals surface area contributed by atoms with Crippen molar-refractivity contribution in [3.05, 3.63) is 80.9 Å². The van der Waals surface area contributed by atoms with E-state index in [0.717, 1.165) is 11.6 Å². The fourth-order valence-electron chi connectivity index (χ4n) is 6.92. The minimum absolute atomic E-state index is 0.0542. The largest absolute Gasteiger partial charge is 0.443 e. The molecule has 2 saturated heterocycles. The molecular weight excluding hydrogens is 545 g/mol. The molecule has 2 aromatic rings. The first kappa shape index (κ1) is 28.0. The van der Waals surface area contributed by atoms with Crippen molar-refractivity contribution in [2.45, 2.75) is 69.7 Å². The average Bonchev–Trinajstić information content (AvgIpc) is 3.30. The number of ether oxygens (including phenoxy) is 2. The molecule has 5 rings (SSSR count). The van der Waals surface area contributed by atoms with E-state index in [2.05, 4.69) is 19.9 Å². The monoisotopic (exact) mass is 574 g/mol. The van der Waals surface area contributed by atoms with Crippen molar-refractivity contribution in [2.24, 2.45) is 5.41 Å². The number of nitrogens with zero attached hydrogens (tertiary/aromatic N) is 2. The summed E-state index contributed by atoms with van der Waals surface area (Å²) in [6.45, 7) is 8.68. The van der Waals surface area contributed by atoms with Crippen LogP contribution in [0.4, 0.5) is 8.78 Å². The molecule has 206 valence electrons. The minimum atomic E-state index is -1.69. The highest BCUT2D eigenvalue weighted by atomic mass is 35.5. The smallest absolute Gasteiger partial charge is 0.325 e. The fourth-order valence-corrected chi connectivity index (χ4v) is 7.26. The molecule has 3 aliphatic heterocycles. The molecule has 0 bridgehead atoms. The van der Waals surface area contributed by atoms with Crippen LogP contribution in [0.25, 0.3) is 0 Å². The summed E-state index contributed by atoms with van der Waals surface area (Å²) in [5.41, 5.74) is -2.03. The normalized spacial score (nSPS) is 28.5. The zero-order valence-electron chi connectivity index (χ0n) is 22.2. The third kappa shape index (κ3) is 4.37. The topological polar surface area (TPSA) is 62.6 Å². The number of rotatable bonds is 5. The van der Waals surface area contributed by atoms with Crippen LogP contribution in [-0.4, -0.2) is 41.9 Å². The van der Waals surface area contributed by atoms with E-state index in [1.54, 1.807) is 19.9 Å². The van der Waals surface area contributed by atoms with E-state index in [9.17, 15) is 10.1 Å². The summed E-state index contributed by atoms with van der Waals surface area (Å²) < 4.78 is 43.1. The van der Waals surface area contributed by atoms with Gasteiger partial charge in [0.15, 0.2) is 5.72 Å². The van der Waals surface area contributed by atoms with Gasteiger partial charge in [0.25, 0.3) is 0 Å². The quantitative estimate of drug-likeness (QED) is 0.286. The zero-order chi connectivity index (χ0) is 28.3. The van der Waals surface area contributed by atoms with Gasteiger partial charge in [-0.05, 0) is 55.9 Å². The number of halogens is 4. The summed E-state index contributed by atoms with van der Waals surface area (Å²) in [5.74, 6) is -3.15. The lowest BCUT2D eigenvalue weighted by Crippen LogP contribution is -2.52. The lowest BCUT2D eigenvalue weighted by molar-refractivity contribution is -0.152. The molecule has 2 fully saturated rings. The standard InChI is InChI=1S/C30H30Cl2F2N2O3/c1-28(2,17-10-12-38-13-11-17)15-23-30(16-35,20-9-8-18(31)14-22(20)33)24(19-6-5-7-21(32)25(19)34)26-27(37)39-29(3,4)36(23)26/h5-10,14,23-24,26H,11-13,15H2,1-4H3/t23-,24-,26+,30-/m0/s1. The summed E-state index contributed by atoms with van der Waals surface area (Å²) in [6, 6.07) is 9.26. The molecule has 3 aliphatic rings. The van der Waals surface area contributed by atoms with Crippen molar-refractivity contribution in [1.29, 1.82) is 5.26 Å². The van der Waals surface area contributed by atoms with Crippen molar-refractivity contribution in [2.75, 3.05) is 13.2 Å². The highest BCUT2D eigenvalue weighted by Crippen LogP contribution is 2.61. The molecule has 0 unspecified atom stereocenters.